The Morgan fingerprint density at radius 3 is 2.64 bits per heavy atom. The Hall–Kier alpha value is -1.59. The molecule has 1 aromatic carbocycles. The third-order valence-corrected chi connectivity index (χ3v) is 4.14. The van der Waals surface area contributed by atoms with Crippen LogP contribution < -0.4 is 10.6 Å². The summed E-state index contributed by atoms with van der Waals surface area (Å²) < 4.78 is 11.2. The number of hydrogen-bond acceptors (Lipinski definition) is 3. The van der Waals surface area contributed by atoms with E-state index in [-0.39, 0.29) is 0 Å². The van der Waals surface area contributed by atoms with E-state index in [1.165, 1.54) is 24.0 Å². The SMILES string of the molecule is CCNC(=NCc1ccccc1COCC)NCCCOCC1CC1. The number of hydrogen-bond donors (Lipinski definition) is 2. The predicted octanol–water partition coefficient (Wildman–Crippen LogP) is 3.09. The van der Waals surface area contributed by atoms with Gasteiger partial charge < -0.3 is 20.1 Å². The molecule has 1 saturated carbocycles. The third kappa shape index (κ3) is 8.36. The van der Waals surface area contributed by atoms with Gasteiger partial charge in [0.2, 0.25) is 0 Å². The molecule has 1 aliphatic rings. The Morgan fingerprint density at radius 1 is 1.12 bits per heavy atom. The minimum atomic E-state index is 0.643. The fourth-order valence-electron chi connectivity index (χ4n) is 2.49. The van der Waals surface area contributed by atoms with Gasteiger partial charge in [-0.25, -0.2) is 4.99 Å². The molecule has 0 heterocycles. The molecule has 2 N–H and O–H groups in total. The summed E-state index contributed by atoms with van der Waals surface area (Å²) in [7, 11) is 0. The molecule has 1 aliphatic carbocycles. The number of nitrogens with one attached hydrogen (secondary N) is 2. The van der Waals surface area contributed by atoms with Crippen molar-refractivity contribution in [3.63, 3.8) is 0 Å². The minimum absolute atomic E-state index is 0.643. The van der Waals surface area contributed by atoms with Crippen LogP contribution in [0.1, 0.15) is 44.2 Å². The molecule has 0 spiro atoms. The molecule has 0 atom stereocenters. The second-order valence-corrected chi connectivity index (χ2v) is 6.40. The quantitative estimate of drug-likeness (QED) is 0.347. The first kappa shape index (κ1) is 19.7. The van der Waals surface area contributed by atoms with Crippen LogP contribution in [0.15, 0.2) is 29.3 Å². The Balaban J connectivity index is 1.75. The van der Waals surface area contributed by atoms with E-state index in [2.05, 4.69) is 35.8 Å². The second kappa shape index (κ2) is 11.9. The molecule has 1 fully saturated rings. The Labute approximate surface area is 152 Å². The van der Waals surface area contributed by atoms with Crippen LogP contribution in [-0.2, 0) is 22.6 Å². The van der Waals surface area contributed by atoms with Crippen LogP contribution in [0.5, 0.6) is 0 Å². The average molecular weight is 348 g/mol. The molecule has 0 bridgehead atoms. The monoisotopic (exact) mass is 347 g/mol. The van der Waals surface area contributed by atoms with Gasteiger partial charge in [0, 0.05) is 32.9 Å². The van der Waals surface area contributed by atoms with E-state index in [4.69, 9.17) is 14.5 Å². The van der Waals surface area contributed by atoms with Crippen molar-refractivity contribution in [3.8, 4) is 0 Å². The number of aliphatic imine (C=N–C) groups is 1. The van der Waals surface area contributed by atoms with Gasteiger partial charge in [0.15, 0.2) is 5.96 Å². The van der Waals surface area contributed by atoms with Crippen LogP contribution in [-0.4, -0.2) is 38.9 Å². The highest BCUT2D eigenvalue weighted by atomic mass is 16.5. The summed E-state index contributed by atoms with van der Waals surface area (Å²) >= 11 is 0. The van der Waals surface area contributed by atoms with Gasteiger partial charge >= 0.3 is 0 Å². The van der Waals surface area contributed by atoms with Crippen LogP contribution in [0.3, 0.4) is 0 Å². The molecule has 5 nitrogen and oxygen atoms in total. The number of guanidine groups is 1. The van der Waals surface area contributed by atoms with Gasteiger partial charge in [-0.1, -0.05) is 24.3 Å². The number of rotatable bonds is 12. The lowest BCUT2D eigenvalue weighted by Gasteiger charge is -2.12. The smallest absolute Gasteiger partial charge is 0.191 e. The maximum absolute atomic E-state index is 5.67. The lowest BCUT2D eigenvalue weighted by molar-refractivity contribution is 0.123. The molecule has 140 valence electrons. The molecule has 0 aromatic heterocycles. The van der Waals surface area contributed by atoms with Crippen LogP contribution in [0, 0.1) is 5.92 Å². The molecule has 0 amide bonds. The van der Waals surface area contributed by atoms with E-state index in [9.17, 15) is 0 Å². The highest BCUT2D eigenvalue weighted by Crippen LogP contribution is 2.28. The summed E-state index contributed by atoms with van der Waals surface area (Å²) in [5, 5.41) is 6.69. The molecule has 1 aromatic rings. The van der Waals surface area contributed by atoms with Gasteiger partial charge in [0.25, 0.3) is 0 Å². The van der Waals surface area contributed by atoms with Crippen LogP contribution in [0.25, 0.3) is 0 Å². The van der Waals surface area contributed by atoms with E-state index in [1.807, 2.05) is 13.0 Å². The van der Waals surface area contributed by atoms with Gasteiger partial charge in [-0.2, -0.15) is 0 Å². The molecule has 0 unspecified atom stereocenters. The number of ether oxygens (including phenoxy) is 2. The van der Waals surface area contributed by atoms with Gasteiger partial charge in [0.05, 0.1) is 13.2 Å². The predicted molar refractivity (Wildman–Crippen MR) is 103 cm³/mol. The van der Waals surface area contributed by atoms with Crippen molar-refractivity contribution in [1.29, 1.82) is 0 Å². The first-order valence-corrected chi connectivity index (χ1v) is 9.58. The first-order valence-electron chi connectivity index (χ1n) is 9.58. The Morgan fingerprint density at radius 2 is 1.92 bits per heavy atom. The van der Waals surface area contributed by atoms with Crippen LogP contribution in [0.4, 0.5) is 0 Å². The van der Waals surface area contributed by atoms with Gasteiger partial charge in [-0.15, -0.1) is 0 Å². The topological polar surface area (TPSA) is 54.9 Å². The fourth-order valence-corrected chi connectivity index (χ4v) is 2.49. The molecule has 0 saturated heterocycles. The number of nitrogens with zero attached hydrogens (tertiary/aromatic N) is 1. The zero-order valence-corrected chi connectivity index (χ0v) is 15.7. The first-order chi connectivity index (χ1) is 12.3. The summed E-state index contributed by atoms with van der Waals surface area (Å²) in [6.45, 7) is 9.60. The summed E-state index contributed by atoms with van der Waals surface area (Å²) in [6, 6.07) is 8.33. The lowest BCUT2D eigenvalue weighted by atomic mass is 10.1. The van der Waals surface area contributed by atoms with Crippen molar-refractivity contribution in [1.82, 2.24) is 10.6 Å². The Bertz CT molecular complexity index is 515. The average Bonchev–Trinajstić information content (AvgIpc) is 3.45. The van der Waals surface area contributed by atoms with Crippen molar-refractivity contribution >= 4 is 5.96 Å². The van der Waals surface area contributed by atoms with Crippen molar-refractivity contribution in [2.24, 2.45) is 10.9 Å². The van der Waals surface area contributed by atoms with Crippen molar-refractivity contribution in [2.75, 3.05) is 32.9 Å². The highest BCUT2D eigenvalue weighted by molar-refractivity contribution is 5.79. The van der Waals surface area contributed by atoms with Gasteiger partial charge in [0.1, 0.15) is 0 Å². The number of benzene rings is 1. The van der Waals surface area contributed by atoms with E-state index in [0.717, 1.165) is 51.2 Å². The van der Waals surface area contributed by atoms with Crippen LogP contribution in [0.2, 0.25) is 0 Å². The second-order valence-electron chi connectivity index (χ2n) is 6.40. The minimum Gasteiger partial charge on any atom is -0.381 e. The van der Waals surface area contributed by atoms with Crippen molar-refractivity contribution in [2.45, 2.75) is 46.3 Å². The van der Waals surface area contributed by atoms with Gasteiger partial charge in [-0.3, -0.25) is 0 Å². The molecule has 5 heteroatoms. The van der Waals surface area contributed by atoms with E-state index < -0.39 is 0 Å². The van der Waals surface area contributed by atoms with E-state index >= 15 is 0 Å². The maximum Gasteiger partial charge on any atom is 0.191 e. The summed E-state index contributed by atoms with van der Waals surface area (Å²) in [5.74, 6) is 1.69. The van der Waals surface area contributed by atoms with Crippen LogP contribution >= 0.6 is 0 Å². The van der Waals surface area contributed by atoms with Gasteiger partial charge in [-0.05, 0) is 50.2 Å². The highest BCUT2D eigenvalue weighted by Gasteiger charge is 2.20. The fraction of sp³-hybridized carbons (Fsp3) is 0.650. The van der Waals surface area contributed by atoms with E-state index in [1.54, 1.807) is 0 Å². The maximum atomic E-state index is 5.67. The molecular formula is C20H33N3O2. The molecule has 2 rings (SSSR count). The molecule has 0 radical (unpaired) electrons. The largest absolute Gasteiger partial charge is 0.381 e. The summed E-state index contributed by atoms with van der Waals surface area (Å²) in [4.78, 5) is 4.71. The van der Waals surface area contributed by atoms with Crippen molar-refractivity contribution < 1.29 is 9.47 Å². The lowest BCUT2D eigenvalue weighted by Crippen LogP contribution is -2.38. The summed E-state index contributed by atoms with van der Waals surface area (Å²) in [5.41, 5.74) is 2.42. The summed E-state index contributed by atoms with van der Waals surface area (Å²) in [6.07, 6.45) is 3.69. The third-order valence-electron chi connectivity index (χ3n) is 4.14. The standard InChI is InChI=1S/C20H33N3O2/c1-3-21-20(22-12-7-13-25-15-17-10-11-17)23-14-18-8-5-6-9-19(18)16-24-4-2/h5-6,8-9,17H,3-4,7,10-16H2,1-2H3,(H2,21,22,23). The zero-order chi connectivity index (χ0) is 17.7. The van der Waals surface area contributed by atoms with Crippen molar-refractivity contribution in [3.05, 3.63) is 35.4 Å². The Kier molecular flexibility index (Phi) is 9.37. The zero-order valence-electron chi connectivity index (χ0n) is 15.7. The molecular weight excluding hydrogens is 314 g/mol. The molecule has 25 heavy (non-hydrogen) atoms. The van der Waals surface area contributed by atoms with E-state index in [0.29, 0.717) is 13.2 Å². The normalized spacial score (nSPS) is 14.6. The molecule has 0 aliphatic heterocycles.